The van der Waals surface area contributed by atoms with Crippen LogP contribution in [0.25, 0.3) is 11.1 Å². The minimum Gasteiger partial charge on any atom is -0.467 e. The van der Waals surface area contributed by atoms with Gasteiger partial charge in [0.1, 0.15) is 5.82 Å². The molecule has 1 aliphatic heterocycles. The summed E-state index contributed by atoms with van der Waals surface area (Å²) in [5, 5.41) is 0. The van der Waals surface area contributed by atoms with E-state index >= 15 is 0 Å². The highest BCUT2D eigenvalue weighted by Crippen LogP contribution is 2.23. The molecular formula is C19H21FN2O3. The van der Waals surface area contributed by atoms with Crippen LogP contribution < -0.4 is 0 Å². The van der Waals surface area contributed by atoms with Crippen LogP contribution in [0.5, 0.6) is 0 Å². The molecule has 2 heterocycles. The van der Waals surface area contributed by atoms with E-state index in [1.165, 1.54) is 13.2 Å². The van der Waals surface area contributed by atoms with E-state index in [4.69, 9.17) is 9.47 Å². The van der Waals surface area contributed by atoms with E-state index in [9.17, 15) is 9.18 Å². The van der Waals surface area contributed by atoms with E-state index in [1.807, 2.05) is 30.0 Å². The van der Waals surface area contributed by atoms with Crippen LogP contribution in [0.2, 0.25) is 0 Å². The predicted molar refractivity (Wildman–Crippen MR) is 91.3 cm³/mol. The lowest BCUT2D eigenvalue weighted by molar-refractivity contribution is -0.166. The van der Waals surface area contributed by atoms with Crippen molar-refractivity contribution in [2.45, 2.75) is 25.7 Å². The van der Waals surface area contributed by atoms with E-state index in [2.05, 4.69) is 4.98 Å². The van der Waals surface area contributed by atoms with Crippen molar-refractivity contribution in [3.05, 3.63) is 54.1 Å². The number of carbonyl (C=O) groups excluding carboxylic acids is 1. The third-order valence-corrected chi connectivity index (χ3v) is 4.26. The normalized spacial score (nSPS) is 21.1. The molecule has 1 fully saturated rings. The highest BCUT2D eigenvalue weighted by Gasteiger charge is 2.31. The first-order valence-electron chi connectivity index (χ1n) is 8.21. The van der Waals surface area contributed by atoms with E-state index in [0.717, 1.165) is 11.1 Å². The molecule has 2 atom stereocenters. The van der Waals surface area contributed by atoms with Crippen LogP contribution >= 0.6 is 0 Å². The molecule has 1 aromatic heterocycles. The molecule has 1 aliphatic rings. The van der Waals surface area contributed by atoms with E-state index < -0.39 is 12.1 Å². The number of hydrogen-bond acceptors (Lipinski definition) is 5. The van der Waals surface area contributed by atoms with E-state index in [-0.39, 0.29) is 11.9 Å². The minimum absolute atomic E-state index is 0.114. The van der Waals surface area contributed by atoms with Crippen molar-refractivity contribution >= 4 is 5.97 Å². The molecule has 5 nitrogen and oxygen atoms in total. The van der Waals surface area contributed by atoms with Crippen LogP contribution in [0.1, 0.15) is 12.5 Å². The maximum atomic E-state index is 14.5. The summed E-state index contributed by atoms with van der Waals surface area (Å²) in [6.07, 6.45) is 2.62. The van der Waals surface area contributed by atoms with Crippen molar-refractivity contribution in [2.75, 3.05) is 20.2 Å². The van der Waals surface area contributed by atoms with Gasteiger partial charge in [0.2, 0.25) is 0 Å². The highest BCUT2D eigenvalue weighted by atomic mass is 19.1. The van der Waals surface area contributed by atoms with E-state index in [0.29, 0.717) is 25.2 Å². The smallest absolute Gasteiger partial charge is 0.336 e. The maximum Gasteiger partial charge on any atom is 0.336 e. The maximum absolute atomic E-state index is 14.5. The van der Waals surface area contributed by atoms with Gasteiger partial charge in [-0.2, -0.15) is 0 Å². The Balaban J connectivity index is 1.73. The fourth-order valence-corrected chi connectivity index (χ4v) is 3.07. The number of esters is 1. The van der Waals surface area contributed by atoms with Crippen molar-refractivity contribution in [1.29, 1.82) is 0 Å². The largest absolute Gasteiger partial charge is 0.467 e. The summed E-state index contributed by atoms with van der Waals surface area (Å²) in [4.78, 5) is 17.7. The lowest BCUT2D eigenvalue weighted by atomic mass is 10.0. The van der Waals surface area contributed by atoms with Gasteiger partial charge in [-0.05, 0) is 36.2 Å². The van der Waals surface area contributed by atoms with Gasteiger partial charge < -0.3 is 9.47 Å². The first-order valence-corrected chi connectivity index (χ1v) is 8.21. The number of halogens is 1. The van der Waals surface area contributed by atoms with Gasteiger partial charge in [0, 0.05) is 37.6 Å². The summed E-state index contributed by atoms with van der Waals surface area (Å²) in [6, 6.07) is 8.91. The molecule has 1 saturated heterocycles. The Morgan fingerprint density at radius 3 is 2.72 bits per heavy atom. The Hall–Kier alpha value is -2.31. The van der Waals surface area contributed by atoms with Gasteiger partial charge in [-0.15, -0.1) is 0 Å². The average Bonchev–Trinajstić information content (AvgIpc) is 2.63. The molecule has 0 bridgehead atoms. The van der Waals surface area contributed by atoms with Crippen molar-refractivity contribution in [2.24, 2.45) is 0 Å². The molecule has 3 rings (SSSR count). The topological polar surface area (TPSA) is 51.7 Å². The molecule has 0 saturated carbocycles. The van der Waals surface area contributed by atoms with Crippen molar-refractivity contribution < 1.29 is 18.7 Å². The van der Waals surface area contributed by atoms with Gasteiger partial charge in [-0.25, -0.2) is 9.18 Å². The van der Waals surface area contributed by atoms with Crippen molar-refractivity contribution in [1.82, 2.24) is 9.88 Å². The number of nitrogens with zero attached hydrogens (tertiary/aromatic N) is 2. The van der Waals surface area contributed by atoms with Crippen molar-refractivity contribution in [3.8, 4) is 11.1 Å². The van der Waals surface area contributed by atoms with Gasteiger partial charge in [0.05, 0.1) is 13.2 Å². The first kappa shape index (κ1) is 17.5. The van der Waals surface area contributed by atoms with E-state index in [1.54, 1.807) is 18.5 Å². The quantitative estimate of drug-likeness (QED) is 0.798. The lowest BCUT2D eigenvalue weighted by Crippen LogP contribution is -2.49. The summed E-state index contributed by atoms with van der Waals surface area (Å²) in [5.74, 6) is -0.659. The van der Waals surface area contributed by atoms with Crippen LogP contribution in [-0.2, 0) is 20.8 Å². The van der Waals surface area contributed by atoms with Gasteiger partial charge in [-0.3, -0.25) is 9.88 Å². The molecule has 6 heteroatoms. The zero-order valence-electron chi connectivity index (χ0n) is 14.3. The standard InChI is InChI=1S/C19H21FN2O3/c1-13-10-22(12-18(25-13)19(23)24-2)11-16-4-3-15(9-17(16)20)14-5-7-21-8-6-14/h3-9,13,18H,10-12H2,1-2H3/t13-,18+/m1/s1. The van der Waals surface area contributed by atoms with Gasteiger partial charge in [-0.1, -0.05) is 12.1 Å². The molecule has 0 unspecified atom stereocenters. The van der Waals surface area contributed by atoms with Gasteiger partial charge in [0.15, 0.2) is 6.10 Å². The summed E-state index contributed by atoms with van der Waals surface area (Å²) >= 11 is 0. The average molecular weight is 344 g/mol. The lowest BCUT2D eigenvalue weighted by Gasteiger charge is -2.35. The molecule has 0 amide bonds. The predicted octanol–water partition coefficient (Wildman–Crippen LogP) is 2.65. The summed E-state index contributed by atoms with van der Waals surface area (Å²) in [7, 11) is 1.34. The molecule has 0 aliphatic carbocycles. The SMILES string of the molecule is COC(=O)[C@@H]1CN(Cc2ccc(-c3ccncc3)cc2F)C[C@@H](C)O1. The number of benzene rings is 1. The Morgan fingerprint density at radius 1 is 1.28 bits per heavy atom. The number of morpholine rings is 1. The number of rotatable bonds is 4. The second kappa shape index (κ2) is 7.72. The molecule has 0 radical (unpaired) electrons. The van der Waals surface area contributed by atoms with Crippen LogP contribution in [0.3, 0.4) is 0 Å². The Morgan fingerprint density at radius 2 is 2.04 bits per heavy atom. The van der Waals surface area contributed by atoms with Gasteiger partial charge >= 0.3 is 5.97 Å². The first-order chi connectivity index (χ1) is 12.1. The minimum atomic E-state index is -0.632. The van der Waals surface area contributed by atoms with Crippen LogP contribution in [0, 0.1) is 5.82 Å². The summed E-state index contributed by atoms with van der Waals surface area (Å²) < 4.78 is 24.9. The Labute approximate surface area is 146 Å². The molecule has 25 heavy (non-hydrogen) atoms. The zero-order chi connectivity index (χ0) is 17.8. The molecule has 132 valence electrons. The molecule has 0 spiro atoms. The van der Waals surface area contributed by atoms with Crippen LogP contribution in [-0.4, -0.2) is 48.3 Å². The van der Waals surface area contributed by atoms with Crippen molar-refractivity contribution in [3.63, 3.8) is 0 Å². The fraction of sp³-hybridized carbons (Fsp3) is 0.368. The number of methoxy groups -OCH3 is 1. The van der Waals surface area contributed by atoms with Gasteiger partial charge in [0.25, 0.3) is 0 Å². The zero-order valence-corrected chi connectivity index (χ0v) is 14.3. The summed E-state index contributed by atoms with van der Waals surface area (Å²) in [5.41, 5.74) is 2.33. The second-order valence-electron chi connectivity index (χ2n) is 6.19. The monoisotopic (exact) mass is 344 g/mol. The highest BCUT2D eigenvalue weighted by molar-refractivity contribution is 5.75. The summed E-state index contributed by atoms with van der Waals surface area (Å²) in [6.45, 7) is 3.34. The molecule has 2 aromatic rings. The number of carbonyl (C=O) groups is 1. The second-order valence-corrected chi connectivity index (χ2v) is 6.19. The number of hydrogen-bond donors (Lipinski definition) is 0. The molecule has 1 aromatic carbocycles. The molecule has 0 N–H and O–H groups in total. The fourth-order valence-electron chi connectivity index (χ4n) is 3.07. The molecular weight excluding hydrogens is 323 g/mol. The van der Waals surface area contributed by atoms with Crippen LogP contribution in [0.15, 0.2) is 42.7 Å². The number of pyridine rings is 1. The van der Waals surface area contributed by atoms with Crippen LogP contribution in [0.4, 0.5) is 4.39 Å². The third-order valence-electron chi connectivity index (χ3n) is 4.26. The third kappa shape index (κ3) is 4.21. The Bertz CT molecular complexity index is 739. The number of ether oxygens (including phenoxy) is 2. The Kier molecular flexibility index (Phi) is 5.40. The number of aromatic nitrogens is 1.